The standard InChI is InChI=1S/C51H58F4N8O9S2/c1-30-41(74-29-59-30)32-15-13-31(14-16-32)26-57-43(65)37-12-10-19-61(37)45(66)42(49(2,3)4)60-38(64)28-71-22-11-21-70-20-8-9-23-72-44-35(46(67)69-7)24-34(27-58-44)63-48(73)62(47(68)50(63,5)6)36-18-17-33(25-56)39(40(36)52)51(53,54)55/h13-18,24,27,29,37,42H,8-12,19-23,26,28H2,1-7H3,(H,57,65)(H,60,64)/t37-,42+/m0/s1. The van der Waals surface area contributed by atoms with Crippen molar-refractivity contribution in [3.8, 4) is 22.4 Å². The van der Waals surface area contributed by atoms with E-state index in [0.29, 0.717) is 63.3 Å². The Morgan fingerprint density at radius 3 is 2.34 bits per heavy atom. The summed E-state index contributed by atoms with van der Waals surface area (Å²) in [6, 6.07) is 10.6. The number of amides is 4. The van der Waals surface area contributed by atoms with Gasteiger partial charge < -0.3 is 39.4 Å². The van der Waals surface area contributed by atoms with Crippen LogP contribution in [-0.4, -0.2) is 114 Å². The van der Waals surface area contributed by atoms with Crippen molar-refractivity contribution in [2.24, 2.45) is 5.41 Å². The number of hydrogen-bond donors (Lipinski definition) is 2. The minimum Gasteiger partial charge on any atom is -0.477 e. The quantitative estimate of drug-likeness (QED) is 0.0356. The number of esters is 1. The van der Waals surface area contributed by atoms with Gasteiger partial charge in [-0.05, 0) is 99.8 Å². The molecular weight excluding hydrogens is 1010 g/mol. The minimum atomic E-state index is -5.25. The number of unbranched alkanes of at least 4 members (excludes halogenated alkanes) is 1. The Kier molecular flexibility index (Phi) is 18.5. The van der Waals surface area contributed by atoms with Gasteiger partial charge in [-0.15, -0.1) is 11.3 Å². The van der Waals surface area contributed by atoms with Crippen LogP contribution < -0.4 is 25.2 Å². The van der Waals surface area contributed by atoms with E-state index in [0.717, 1.165) is 40.9 Å². The molecule has 396 valence electrons. The highest BCUT2D eigenvalue weighted by molar-refractivity contribution is 7.81. The van der Waals surface area contributed by atoms with Crippen LogP contribution >= 0.6 is 23.6 Å². The number of carbonyl (C=O) groups is 5. The monoisotopic (exact) mass is 1070 g/mol. The molecule has 2 atom stereocenters. The summed E-state index contributed by atoms with van der Waals surface area (Å²) >= 11 is 7.08. The van der Waals surface area contributed by atoms with E-state index in [-0.39, 0.29) is 48.8 Å². The molecule has 2 saturated heterocycles. The first-order valence-corrected chi connectivity index (χ1v) is 25.0. The molecule has 4 amide bonds. The van der Waals surface area contributed by atoms with Gasteiger partial charge in [-0.3, -0.25) is 24.1 Å². The number of rotatable bonds is 21. The number of nitriles is 1. The Morgan fingerprint density at radius 1 is 1.00 bits per heavy atom. The molecule has 0 spiro atoms. The number of nitrogens with one attached hydrogen (secondary N) is 2. The Morgan fingerprint density at radius 2 is 1.69 bits per heavy atom. The van der Waals surface area contributed by atoms with E-state index >= 15 is 4.39 Å². The first kappa shape index (κ1) is 56.7. The molecule has 2 aliphatic heterocycles. The molecule has 4 heterocycles. The SMILES string of the molecule is COC(=O)c1cc(N2C(=S)N(c3ccc(C#N)c(C(F)(F)F)c3F)C(=O)C2(C)C)cnc1OCCCCOCCCOCC(=O)N[C@H](C(=O)N1CCC[C@H]1C(=O)NCc1ccc(-c2scnc2C)cc1)C(C)(C)C. The van der Waals surface area contributed by atoms with Crippen molar-refractivity contribution in [2.75, 3.05) is 56.5 Å². The van der Waals surface area contributed by atoms with Gasteiger partial charge in [0.15, 0.2) is 10.9 Å². The smallest absolute Gasteiger partial charge is 0.420 e. The van der Waals surface area contributed by atoms with Crippen LogP contribution in [0.5, 0.6) is 5.88 Å². The Hall–Kier alpha value is -6.61. The van der Waals surface area contributed by atoms with E-state index in [2.05, 4.69) is 20.6 Å². The van der Waals surface area contributed by atoms with Gasteiger partial charge in [0.05, 0.1) is 59.0 Å². The summed E-state index contributed by atoms with van der Waals surface area (Å²) in [5, 5.41) is 14.6. The van der Waals surface area contributed by atoms with Crippen molar-refractivity contribution in [1.29, 1.82) is 5.26 Å². The van der Waals surface area contributed by atoms with E-state index in [9.17, 15) is 42.4 Å². The summed E-state index contributed by atoms with van der Waals surface area (Å²) in [6.45, 7) is 11.7. The molecule has 6 rings (SSSR count). The number of nitrogens with zero attached hydrogens (tertiary/aromatic N) is 6. The molecule has 2 aromatic carbocycles. The average molecular weight is 1070 g/mol. The Labute approximate surface area is 435 Å². The van der Waals surface area contributed by atoms with Crippen LogP contribution in [0.15, 0.2) is 54.2 Å². The molecule has 2 aromatic heterocycles. The predicted molar refractivity (Wildman–Crippen MR) is 270 cm³/mol. The third-order valence-electron chi connectivity index (χ3n) is 12.4. The van der Waals surface area contributed by atoms with Gasteiger partial charge in [-0.25, -0.2) is 19.2 Å². The Balaban J connectivity index is 0.913. The number of carbonyl (C=O) groups excluding carboxylic acids is 5. The average Bonchev–Trinajstić information content (AvgIpc) is 4.07. The molecule has 17 nitrogen and oxygen atoms in total. The fraction of sp³-hybridized carbons (Fsp3) is 0.471. The maximum absolute atomic E-state index is 15.5. The van der Waals surface area contributed by atoms with Crippen LogP contribution in [0.25, 0.3) is 10.4 Å². The molecule has 0 bridgehead atoms. The number of benzene rings is 2. The largest absolute Gasteiger partial charge is 0.477 e. The number of halogens is 4. The van der Waals surface area contributed by atoms with Gasteiger partial charge in [0.1, 0.15) is 35.4 Å². The molecule has 4 aromatic rings. The number of alkyl halides is 3. The number of thiocarbonyl (C=S) groups is 1. The molecule has 0 saturated carbocycles. The van der Waals surface area contributed by atoms with Gasteiger partial charge in [-0.2, -0.15) is 18.4 Å². The zero-order valence-electron chi connectivity index (χ0n) is 42.0. The maximum Gasteiger partial charge on any atom is 0.420 e. The molecule has 0 radical (unpaired) electrons. The highest BCUT2D eigenvalue weighted by atomic mass is 32.1. The minimum absolute atomic E-state index is 0.0575. The van der Waals surface area contributed by atoms with Crippen molar-refractivity contribution in [3.05, 3.63) is 87.9 Å². The Bertz CT molecular complexity index is 2780. The maximum atomic E-state index is 15.5. The summed E-state index contributed by atoms with van der Waals surface area (Å²) in [5.74, 6) is -4.75. The summed E-state index contributed by atoms with van der Waals surface area (Å²) in [4.78, 5) is 80.0. The van der Waals surface area contributed by atoms with Crippen molar-refractivity contribution in [1.82, 2.24) is 25.5 Å². The van der Waals surface area contributed by atoms with E-state index < -0.39 is 74.7 Å². The van der Waals surface area contributed by atoms with Crippen molar-refractivity contribution in [3.63, 3.8) is 0 Å². The normalized spacial score (nSPS) is 16.0. The van der Waals surface area contributed by atoms with E-state index in [4.69, 9.17) is 31.2 Å². The molecule has 23 heteroatoms. The highest BCUT2D eigenvalue weighted by Gasteiger charge is 2.52. The number of pyridine rings is 1. The second kappa shape index (κ2) is 24.2. The van der Waals surface area contributed by atoms with Crippen LogP contribution in [0.1, 0.15) is 99.5 Å². The number of ether oxygens (including phenoxy) is 4. The van der Waals surface area contributed by atoms with Crippen molar-refractivity contribution < 1.29 is 60.5 Å². The fourth-order valence-corrected chi connectivity index (χ4v) is 9.80. The van der Waals surface area contributed by atoms with Crippen LogP contribution in [-0.2, 0) is 46.1 Å². The molecule has 74 heavy (non-hydrogen) atoms. The van der Waals surface area contributed by atoms with Gasteiger partial charge in [0, 0.05) is 32.9 Å². The number of likely N-dealkylation sites (tertiary alicyclic amines) is 1. The molecular formula is C51H58F4N8O9S2. The zero-order chi connectivity index (χ0) is 54.1. The predicted octanol–water partition coefficient (Wildman–Crippen LogP) is 7.67. The van der Waals surface area contributed by atoms with E-state index in [1.54, 1.807) is 16.2 Å². The van der Waals surface area contributed by atoms with Gasteiger partial charge >= 0.3 is 12.1 Å². The summed E-state index contributed by atoms with van der Waals surface area (Å²) in [6.07, 6.45) is -1.35. The number of hydrogen-bond acceptors (Lipinski definition) is 14. The number of thiazole rings is 1. The molecule has 0 aliphatic carbocycles. The number of aromatic nitrogens is 2. The zero-order valence-corrected chi connectivity index (χ0v) is 43.7. The summed E-state index contributed by atoms with van der Waals surface area (Å²) < 4.78 is 79.0. The lowest BCUT2D eigenvalue weighted by atomic mass is 9.85. The van der Waals surface area contributed by atoms with E-state index in [1.807, 2.05) is 57.5 Å². The first-order chi connectivity index (χ1) is 35.0. The van der Waals surface area contributed by atoms with Crippen LogP contribution in [0.4, 0.5) is 28.9 Å². The summed E-state index contributed by atoms with van der Waals surface area (Å²) in [7, 11) is 1.13. The lowest BCUT2D eigenvalue weighted by Crippen LogP contribution is -2.58. The highest BCUT2D eigenvalue weighted by Crippen LogP contribution is 2.42. The van der Waals surface area contributed by atoms with Crippen LogP contribution in [0.3, 0.4) is 0 Å². The molecule has 2 aliphatic rings. The van der Waals surface area contributed by atoms with Gasteiger partial charge in [-0.1, -0.05) is 45.0 Å². The lowest BCUT2D eigenvalue weighted by molar-refractivity contribution is -0.144. The van der Waals surface area contributed by atoms with Gasteiger partial charge in [0.2, 0.25) is 23.6 Å². The molecule has 2 fully saturated rings. The lowest BCUT2D eigenvalue weighted by Gasteiger charge is -2.35. The first-order valence-electron chi connectivity index (χ1n) is 23.7. The van der Waals surface area contributed by atoms with Crippen LogP contribution in [0.2, 0.25) is 0 Å². The second-order valence-electron chi connectivity index (χ2n) is 19.1. The molecule has 0 unspecified atom stereocenters. The topological polar surface area (TPSA) is 206 Å². The van der Waals surface area contributed by atoms with Crippen molar-refractivity contribution >= 4 is 69.6 Å². The molecule has 2 N–H and O–H groups in total. The fourth-order valence-electron chi connectivity index (χ4n) is 8.47. The third-order valence-corrected chi connectivity index (χ3v) is 13.7. The van der Waals surface area contributed by atoms with Crippen molar-refractivity contribution in [2.45, 2.75) is 104 Å². The van der Waals surface area contributed by atoms with E-state index in [1.165, 1.54) is 37.1 Å². The third kappa shape index (κ3) is 13.0. The summed E-state index contributed by atoms with van der Waals surface area (Å²) in [5.41, 5.74) is -1.24. The number of aryl methyl sites for hydroxylation is 1. The number of anilines is 2. The number of methoxy groups -OCH3 is 1. The van der Waals surface area contributed by atoms with Gasteiger partial charge in [0.25, 0.3) is 5.91 Å². The second-order valence-corrected chi connectivity index (χ2v) is 20.3. The van der Waals surface area contributed by atoms with Crippen LogP contribution in [0, 0.1) is 29.5 Å².